The molecule has 5 nitrogen and oxygen atoms in total. The SMILES string of the molecule is COc1ccc(/C=C2\CCC[C@H]3C2=NN(C(=O)c2ccc(F)cc2)[C@@H]3c2ccc(OC)cc2)cc1. The van der Waals surface area contributed by atoms with Gasteiger partial charge < -0.3 is 9.47 Å². The standard InChI is InChI=1S/C29H27FN2O3/c1-34-24-14-6-19(7-15-24)18-22-4-3-5-26-27(22)31-32(29(33)21-8-12-23(30)13-9-21)28(26)20-10-16-25(35-2)17-11-20/h6-18,26,28H,3-5H2,1-2H3/b22-18+/t26-,28+/m0/s1. The van der Waals surface area contributed by atoms with Crippen molar-refractivity contribution in [3.05, 3.63) is 101 Å². The van der Waals surface area contributed by atoms with Crippen molar-refractivity contribution < 1.29 is 18.7 Å². The van der Waals surface area contributed by atoms with Crippen molar-refractivity contribution in [2.75, 3.05) is 14.2 Å². The van der Waals surface area contributed by atoms with E-state index < -0.39 is 0 Å². The number of hydrogen-bond acceptors (Lipinski definition) is 4. The van der Waals surface area contributed by atoms with Crippen molar-refractivity contribution in [3.8, 4) is 11.5 Å². The number of ether oxygens (including phenoxy) is 2. The first-order valence-electron chi connectivity index (χ1n) is 11.7. The molecule has 35 heavy (non-hydrogen) atoms. The van der Waals surface area contributed by atoms with Gasteiger partial charge in [-0.05, 0) is 90.6 Å². The van der Waals surface area contributed by atoms with E-state index in [1.807, 2.05) is 48.5 Å². The van der Waals surface area contributed by atoms with Crippen LogP contribution in [-0.2, 0) is 0 Å². The van der Waals surface area contributed by atoms with Crippen LogP contribution in [0.25, 0.3) is 6.08 Å². The molecule has 1 amide bonds. The predicted octanol–water partition coefficient (Wildman–Crippen LogP) is 6.28. The van der Waals surface area contributed by atoms with Gasteiger partial charge in [-0.1, -0.05) is 24.3 Å². The van der Waals surface area contributed by atoms with Crippen LogP contribution in [0.1, 0.15) is 46.8 Å². The summed E-state index contributed by atoms with van der Waals surface area (Å²) in [6.45, 7) is 0. The Morgan fingerprint density at radius 2 is 1.57 bits per heavy atom. The smallest absolute Gasteiger partial charge is 0.274 e. The van der Waals surface area contributed by atoms with Gasteiger partial charge in [-0.15, -0.1) is 0 Å². The molecule has 0 bridgehead atoms. The van der Waals surface area contributed by atoms with Gasteiger partial charge in [0.2, 0.25) is 0 Å². The highest BCUT2D eigenvalue weighted by atomic mass is 19.1. The number of carbonyl (C=O) groups excluding carboxylic acids is 1. The van der Waals surface area contributed by atoms with Crippen molar-refractivity contribution in [1.82, 2.24) is 5.01 Å². The molecule has 2 aliphatic rings. The predicted molar refractivity (Wildman–Crippen MR) is 134 cm³/mol. The van der Waals surface area contributed by atoms with E-state index in [4.69, 9.17) is 14.6 Å². The number of amides is 1. The van der Waals surface area contributed by atoms with E-state index in [9.17, 15) is 9.18 Å². The van der Waals surface area contributed by atoms with Gasteiger partial charge in [-0.3, -0.25) is 4.79 Å². The molecule has 0 N–H and O–H groups in total. The van der Waals surface area contributed by atoms with E-state index in [0.29, 0.717) is 5.56 Å². The van der Waals surface area contributed by atoms with Crippen LogP contribution in [0.4, 0.5) is 4.39 Å². The summed E-state index contributed by atoms with van der Waals surface area (Å²) in [4.78, 5) is 13.6. The Hall–Kier alpha value is -3.93. The molecule has 6 heteroatoms. The number of carbonyl (C=O) groups is 1. The van der Waals surface area contributed by atoms with E-state index in [1.165, 1.54) is 24.3 Å². The molecule has 1 heterocycles. The van der Waals surface area contributed by atoms with E-state index in [0.717, 1.165) is 53.2 Å². The van der Waals surface area contributed by atoms with Gasteiger partial charge in [0.25, 0.3) is 5.91 Å². The molecular formula is C29H27FN2O3. The monoisotopic (exact) mass is 470 g/mol. The van der Waals surface area contributed by atoms with Crippen LogP contribution in [0.15, 0.2) is 83.5 Å². The molecule has 178 valence electrons. The van der Waals surface area contributed by atoms with Gasteiger partial charge in [0.15, 0.2) is 0 Å². The second-order valence-corrected chi connectivity index (χ2v) is 8.80. The lowest BCUT2D eigenvalue weighted by atomic mass is 9.77. The number of fused-ring (bicyclic) bond motifs is 1. The van der Waals surface area contributed by atoms with Crippen LogP contribution in [-0.4, -0.2) is 30.8 Å². The van der Waals surface area contributed by atoms with Gasteiger partial charge in [-0.25, -0.2) is 9.40 Å². The maximum absolute atomic E-state index is 13.6. The molecule has 1 saturated carbocycles. The summed E-state index contributed by atoms with van der Waals surface area (Å²) in [6.07, 6.45) is 5.00. The Morgan fingerprint density at radius 3 is 2.20 bits per heavy atom. The zero-order valence-corrected chi connectivity index (χ0v) is 19.8. The fourth-order valence-corrected chi connectivity index (χ4v) is 4.93. The number of hydrazone groups is 1. The Bertz CT molecular complexity index is 1260. The first kappa shape index (κ1) is 22.8. The zero-order chi connectivity index (χ0) is 24.4. The minimum absolute atomic E-state index is 0.0750. The molecule has 5 rings (SSSR count). The second kappa shape index (κ2) is 9.74. The Morgan fingerprint density at radius 1 is 0.943 bits per heavy atom. The van der Waals surface area contributed by atoms with Crippen molar-refractivity contribution in [2.24, 2.45) is 11.0 Å². The first-order valence-corrected chi connectivity index (χ1v) is 11.7. The summed E-state index contributed by atoms with van der Waals surface area (Å²) >= 11 is 0. The third-order valence-corrected chi connectivity index (χ3v) is 6.71. The van der Waals surface area contributed by atoms with Crippen LogP contribution >= 0.6 is 0 Å². The number of allylic oxidation sites excluding steroid dienone is 1. The molecule has 3 aromatic carbocycles. The fourth-order valence-electron chi connectivity index (χ4n) is 4.93. The average Bonchev–Trinajstić information content (AvgIpc) is 3.30. The normalized spacial score (nSPS) is 20.4. The summed E-state index contributed by atoms with van der Waals surface area (Å²) in [5, 5.41) is 6.49. The summed E-state index contributed by atoms with van der Waals surface area (Å²) < 4.78 is 24.1. The lowest BCUT2D eigenvalue weighted by molar-refractivity contribution is 0.0681. The molecule has 0 radical (unpaired) electrons. The summed E-state index contributed by atoms with van der Waals surface area (Å²) in [5.74, 6) is 1.03. The topological polar surface area (TPSA) is 51.1 Å². The molecule has 0 spiro atoms. The Kier molecular flexibility index (Phi) is 6.36. The van der Waals surface area contributed by atoms with Gasteiger partial charge in [0.1, 0.15) is 17.3 Å². The van der Waals surface area contributed by atoms with E-state index >= 15 is 0 Å². The maximum Gasteiger partial charge on any atom is 0.274 e. The summed E-state index contributed by atoms with van der Waals surface area (Å²) in [7, 11) is 3.28. The molecule has 1 aliphatic carbocycles. The molecule has 2 atom stereocenters. The third kappa shape index (κ3) is 4.56. The maximum atomic E-state index is 13.6. The van der Waals surface area contributed by atoms with E-state index in [2.05, 4.69) is 6.08 Å². The van der Waals surface area contributed by atoms with Gasteiger partial charge in [-0.2, -0.15) is 5.10 Å². The quantitative estimate of drug-likeness (QED) is 0.441. The number of hydrogen-bond donors (Lipinski definition) is 0. The average molecular weight is 471 g/mol. The minimum Gasteiger partial charge on any atom is -0.497 e. The van der Waals surface area contributed by atoms with Crippen LogP contribution in [0, 0.1) is 11.7 Å². The number of rotatable bonds is 5. The molecular weight excluding hydrogens is 443 g/mol. The molecule has 1 aliphatic heterocycles. The molecule has 0 unspecified atom stereocenters. The van der Waals surface area contributed by atoms with Crippen molar-refractivity contribution in [1.29, 1.82) is 0 Å². The van der Waals surface area contributed by atoms with Crippen molar-refractivity contribution in [2.45, 2.75) is 25.3 Å². The van der Waals surface area contributed by atoms with Crippen molar-refractivity contribution >= 4 is 17.7 Å². The Labute approximate surface area is 204 Å². The first-order chi connectivity index (χ1) is 17.1. The second-order valence-electron chi connectivity index (χ2n) is 8.80. The molecule has 3 aromatic rings. The lowest BCUT2D eigenvalue weighted by Crippen LogP contribution is -2.31. The zero-order valence-electron chi connectivity index (χ0n) is 19.8. The van der Waals surface area contributed by atoms with Crippen LogP contribution in [0.3, 0.4) is 0 Å². The van der Waals surface area contributed by atoms with Gasteiger partial charge in [0.05, 0.1) is 26.0 Å². The lowest BCUT2D eigenvalue weighted by Gasteiger charge is -2.29. The van der Waals surface area contributed by atoms with Crippen LogP contribution in [0.2, 0.25) is 0 Å². The van der Waals surface area contributed by atoms with E-state index in [1.54, 1.807) is 19.2 Å². The summed E-state index contributed by atoms with van der Waals surface area (Å²) in [6, 6.07) is 21.1. The van der Waals surface area contributed by atoms with Gasteiger partial charge >= 0.3 is 0 Å². The number of methoxy groups -OCH3 is 2. The molecule has 1 fully saturated rings. The number of nitrogens with zero attached hydrogens (tertiary/aromatic N) is 2. The third-order valence-electron chi connectivity index (χ3n) is 6.71. The van der Waals surface area contributed by atoms with Crippen LogP contribution in [0.5, 0.6) is 11.5 Å². The highest BCUT2D eigenvalue weighted by Gasteiger charge is 2.43. The van der Waals surface area contributed by atoms with Crippen molar-refractivity contribution in [3.63, 3.8) is 0 Å². The minimum atomic E-state index is -0.376. The van der Waals surface area contributed by atoms with Gasteiger partial charge in [0, 0.05) is 11.5 Å². The fraction of sp³-hybridized carbons (Fsp3) is 0.241. The highest BCUT2D eigenvalue weighted by Crippen LogP contribution is 2.45. The Balaban J connectivity index is 1.55. The summed E-state index contributed by atoms with van der Waals surface area (Å²) in [5.41, 5.74) is 4.56. The van der Waals surface area contributed by atoms with Crippen LogP contribution < -0.4 is 9.47 Å². The number of halogens is 1. The molecule has 0 aromatic heterocycles. The largest absolute Gasteiger partial charge is 0.497 e. The highest BCUT2D eigenvalue weighted by molar-refractivity contribution is 6.09. The number of benzene rings is 3. The van der Waals surface area contributed by atoms with E-state index in [-0.39, 0.29) is 23.7 Å². The molecule has 0 saturated heterocycles.